The third kappa shape index (κ3) is 4.92. The van der Waals surface area contributed by atoms with Crippen molar-refractivity contribution in [3.63, 3.8) is 0 Å². The summed E-state index contributed by atoms with van der Waals surface area (Å²) in [6.45, 7) is 2.57. The van der Waals surface area contributed by atoms with Crippen molar-refractivity contribution in [2.75, 3.05) is 41.9 Å². The number of rotatable bonds is 6. The van der Waals surface area contributed by atoms with Crippen LogP contribution in [0.3, 0.4) is 0 Å². The minimum Gasteiger partial charge on any atom is -0.508 e. The van der Waals surface area contributed by atoms with E-state index in [0.717, 1.165) is 5.69 Å². The lowest BCUT2D eigenvalue weighted by molar-refractivity contribution is 0.122. The number of benzene rings is 2. The molecule has 1 aromatic heterocycles. The average Bonchev–Trinajstić information content (AvgIpc) is 2.76. The van der Waals surface area contributed by atoms with Gasteiger partial charge in [0.25, 0.3) is 0 Å². The molecule has 0 bridgehead atoms. The summed E-state index contributed by atoms with van der Waals surface area (Å²) in [5.41, 5.74) is 4.06. The molecule has 10 heteroatoms. The average molecular weight is 407 g/mol. The SMILES string of the molecule is Oc1ccc(/C=N\Nc2nc(Nc3ccccc3)nc(N3CCOCC3)n2)c(O)c1. The van der Waals surface area contributed by atoms with Crippen LogP contribution in [0.25, 0.3) is 0 Å². The number of hydrogen-bond acceptors (Lipinski definition) is 10. The summed E-state index contributed by atoms with van der Waals surface area (Å²) in [4.78, 5) is 15.4. The first kappa shape index (κ1) is 19.4. The Hall–Kier alpha value is -3.92. The zero-order valence-electron chi connectivity index (χ0n) is 16.1. The first-order valence-electron chi connectivity index (χ1n) is 9.39. The molecule has 10 nitrogen and oxygen atoms in total. The van der Waals surface area contributed by atoms with Crippen LogP contribution in [0.2, 0.25) is 0 Å². The summed E-state index contributed by atoms with van der Waals surface area (Å²) in [7, 11) is 0. The fourth-order valence-electron chi connectivity index (χ4n) is 2.83. The van der Waals surface area contributed by atoms with Crippen molar-refractivity contribution in [2.24, 2.45) is 5.10 Å². The van der Waals surface area contributed by atoms with Crippen LogP contribution in [-0.4, -0.2) is 57.7 Å². The normalized spacial score (nSPS) is 14.1. The van der Waals surface area contributed by atoms with Crippen LogP contribution in [-0.2, 0) is 4.74 Å². The van der Waals surface area contributed by atoms with Crippen LogP contribution in [0.15, 0.2) is 53.6 Å². The highest BCUT2D eigenvalue weighted by molar-refractivity contribution is 5.84. The highest BCUT2D eigenvalue weighted by atomic mass is 16.5. The summed E-state index contributed by atoms with van der Waals surface area (Å²) in [5.74, 6) is 1.03. The molecule has 0 unspecified atom stereocenters. The Kier molecular flexibility index (Phi) is 5.85. The minimum atomic E-state index is -0.0864. The van der Waals surface area contributed by atoms with E-state index in [1.807, 2.05) is 35.2 Å². The fraction of sp³-hybridized carbons (Fsp3) is 0.200. The molecule has 4 N–H and O–H groups in total. The molecule has 2 aromatic carbocycles. The first-order valence-corrected chi connectivity index (χ1v) is 9.39. The highest BCUT2D eigenvalue weighted by Gasteiger charge is 2.16. The van der Waals surface area contributed by atoms with Gasteiger partial charge in [-0.1, -0.05) is 18.2 Å². The van der Waals surface area contributed by atoms with Gasteiger partial charge < -0.3 is 25.2 Å². The zero-order chi connectivity index (χ0) is 20.8. The van der Waals surface area contributed by atoms with E-state index in [1.165, 1.54) is 18.3 Å². The molecular formula is C20H21N7O3. The molecule has 0 aliphatic carbocycles. The molecule has 1 aliphatic rings. The Balaban J connectivity index is 1.57. The van der Waals surface area contributed by atoms with Gasteiger partial charge in [0.15, 0.2) is 0 Å². The number of hydrazone groups is 1. The number of nitrogens with one attached hydrogen (secondary N) is 2. The van der Waals surface area contributed by atoms with Gasteiger partial charge in [0.05, 0.1) is 19.4 Å². The molecule has 0 atom stereocenters. The largest absolute Gasteiger partial charge is 0.508 e. The third-order valence-electron chi connectivity index (χ3n) is 4.33. The van der Waals surface area contributed by atoms with Gasteiger partial charge >= 0.3 is 0 Å². The number of aromatic hydroxyl groups is 2. The standard InChI is InChI=1S/C20H21N7O3/c28-16-7-6-14(17(29)12-16)13-21-26-19-23-18(22-15-4-2-1-3-5-15)24-20(25-19)27-8-10-30-11-9-27/h1-7,12-13,28-29H,8-11H2,(H2,22,23,24,25,26)/b21-13-. The van der Waals surface area contributed by atoms with Crippen molar-refractivity contribution in [3.05, 3.63) is 54.1 Å². The fourth-order valence-corrected chi connectivity index (χ4v) is 2.83. The predicted octanol–water partition coefficient (Wildman–Crippen LogP) is 2.31. The van der Waals surface area contributed by atoms with Gasteiger partial charge in [-0.2, -0.15) is 20.1 Å². The van der Waals surface area contributed by atoms with Crippen LogP contribution in [0.1, 0.15) is 5.56 Å². The molecule has 1 fully saturated rings. The number of phenols is 2. The summed E-state index contributed by atoms with van der Waals surface area (Å²) < 4.78 is 5.40. The molecule has 0 amide bonds. The van der Waals surface area contributed by atoms with Crippen LogP contribution in [0.5, 0.6) is 11.5 Å². The lowest BCUT2D eigenvalue weighted by Crippen LogP contribution is -2.37. The van der Waals surface area contributed by atoms with E-state index in [1.54, 1.807) is 6.07 Å². The van der Waals surface area contributed by atoms with Crippen molar-refractivity contribution in [3.8, 4) is 11.5 Å². The second-order valence-electron chi connectivity index (χ2n) is 6.49. The van der Waals surface area contributed by atoms with Crippen molar-refractivity contribution in [1.29, 1.82) is 0 Å². The van der Waals surface area contributed by atoms with Gasteiger partial charge in [-0.15, -0.1) is 0 Å². The third-order valence-corrected chi connectivity index (χ3v) is 4.33. The Morgan fingerprint density at radius 3 is 2.50 bits per heavy atom. The Bertz CT molecular complexity index is 1020. The first-order chi connectivity index (χ1) is 14.7. The number of para-hydroxylation sites is 1. The Morgan fingerprint density at radius 1 is 0.967 bits per heavy atom. The van der Waals surface area contributed by atoms with Gasteiger partial charge in [-0.05, 0) is 24.3 Å². The minimum absolute atomic E-state index is 0.0261. The maximum atomic E-state index is 9.86. The van der Waals surface area contributed by atoms with Crippen LogP contribution < -0.4 is 15.6 Å². The molecule has 1 aliphatic heterocycles. The van der Waals surface area contributed by atoms with Crippen molar-refractivity contribution >= 4 is 29.7 Å². The molecule has 154 valence electrons. The van der Waals surface area contributed by atoms with Crippen LogP contribution in [0, 0.1) is 0 Å². The monoisotopic (exact) mass is 407 g/mol. The molecule has 4 rings (SSSR count). The summed E-state index contributed by atoms with van der Waals surface area (Å²) >= 11 is 0. The zero-order valence-corrected chi connectivity index (χ0v) is 16.1. The van der Waals surface area contributed by atoms with E-state index in [2.05, 4.69) is 30.8 Å². The van der Waals surface area contributed by atoms with E-state index in [-0.39, 0.29) is 17.4 Å². The molecule has 30 heavy (non-hydrogen) atoms. The number of nitrogens with zero attached hydrogens (tertiary/aromatic N) is 5. The maximum absolute atomic E-state index is 9.86. The van der Waals surface area contributed by atoms with E-state index < -0.39 is 0 Å². The van der Waals surface area contributed by atoms with Crippen molar-refractivity contribution in [1.82, 2.24) is 15.0 Å². The quantitative estimate of drug-likeness (QED) is 0.359. The Morgan fingerprint density at radius 2 is 1.73 bits per heavy atom. The van der Waals surface area contributed by atoms with Gasteiger partial charge in [-0.3, -0.25) is 0 Å². The van der Waals surface area contributed by atoms with E-state index in [9.17, 15) is 10.2 Å². The van der Waals surface area contributed by atoms with Crippen molar-refractivity contribution in [2.45, 2.75) is 0 Å². The second-order valence-corrected chi connectivity index (χ2v) is 6.49. The molecule has 2 heterocycles. The molecule has 0 radical (unpaired) electrons. The molecular weight excluding hydrogens is 386 g/mol. The van der Waals surface area contributed by atoms with Gasteiger partial charge in [-0.25, -0.2) is 5.43 Å². The number of anilines is 4. The highest BCUT2D eigenvalue weighted by Crippen LogP contribution is 2.21. The lowest BCUT2D eigenvalue weighted by atomic mass is 10.2. The Labute approximate surface area is 172 Å². The number of phenolic OH excluding ortho intramolecular Hbond substituents is 2. The maximum Gasteiger partial charge on any atom is 0.250 e. The van der Waals surface area contributed by atoms with E-state index in [0.29, 0.717) is 43.8 Å². The molecule has 0 saturated carbocycles. The number of ether oxygens (including phenoxy) is 1. The number of morpholine rings is 1. The summed E-state index contributed by atoms with van der Waals surface area (Å²) in [5, 5.41) is 26.5. The van der Waals surface area contributed by atoms with Gasteiger partial charge in [0.1, 0.15) is 11.5 Å². The van der Waals surface area contributed by atoms with Gasteiger partial charge in [0.2, 0.25) is 17.8 Å². The summed E-state index contributed by atoms with van der Waals surface area (Å²) in [6, 6.07) is 13.8. The van der Waals surface area contributed by atoms with Crippen molar-refractivity contribution < 1.29 is 14.9 Å². The second kappa shape index (κ2) is 9.05. The van der Waals surface area contributed by atoms with E-state index in [4.69, 9.17) is 4.74 Å². The summed E-state index contributed by atoms with van der Waals surface area (Å²) in [6.07, 6.45) is 1.41. The van der Waals surface area contributed by atoms with Crippen LogP contribution >= 0.6 is 0 Å². The van der Waals surface area contributed by atoms with Crippen LogP contribution in [0.4, 0.5) is 23.5 Å². The smallest absolute Gasteiger partial charge is 0.250 e. The predicted molar refractivity (Wildman–Crippen MR) is 114 cm³/mol. The topological polar surface area (TPSA) is 128 Å². The molecule has 0 spiro atoms. The lowest BCUT2D eigenvalue weighted by Gasteiger charge is -2.27. The van der Waals surface area contributed by atoms with E-state index >= 15 is 0 Å². The number of hydrogen-bond donors (Lipinski definition) is 4. The molecule has 1 saturated heterocycles. The van der Waals surface area contributed by atoms with Gasteiger partial charge in [0, 0.05) is 30.4 Å². The molecule has 3 aromatic rings. The number of aromatic nitrogens is 3.